The standard InChI is InChI=1S/C20H23F3N6O2/c1-12(28-24)17(27-16-3-4-18(25-9-16)20(21,22)23)11-31-19-7-14-5-6-29(13(2)30)10-15(14)8-26-19/h3-4,7-9,27-28H,5-6,10-11,24H2,1-2H3/p+1/b17-12-. The van der Waals surface area contributed by atoms with Gasteiger partial charge in [-0.1, -0.05) is 0 Å². The van der Waals surface area contributed by atoms with Crippen LogP contribution < -0.4 is 21.3 Å². The van der Waals surface area contributed by atoms with Gasteiger partial charge in [0.05, 0.1) is 11.9 Å². The van der Waals surface area contributed by atoms with Crippen LogP contribution in [0.1, 0.15) is 30.7 Å². The van der Waals surface area contributed by atoms with Gasteiger partial charge in [-0.25, -0.2) is 9.97 Å². The van der Waals surface area contributed by atoms with Crippen LogP contribution in [0.15, 0.2) is 42.0 Å². The largest absolute Gasteiger partial charge is 0.467 e. The molecule has 0 saturated carbocycles. The van der Waals surface area contributed by atoms with Gasteiger partial charge in [0.2, 0.25) is 11.8 Å². The molecule has 0 fully saturated rings. The molecule has 2 aromatic rings. The van der Waals surface area contributed by atoms with Crippen molar-refractivity contribution in [1.29, 1.82) is 0 Å². The average molecular weight is 437 g/mol. The van der Waals surface area contributed by atoms with Gasteiger partial charge in [0.25, 0.3) is 0 Å². The number of fused-ring (bicyclic) bond motifs is 1. The number of hydrazine groups is 1. The summed E-state index contributed by atoms with van der Waals surface area (Å²) in [5.74, 6) is 5.95. The lowest BCUT2D eigenvalue weighted by atomic mass is 10.0. The lowest BCUT2D eigenvalue weighted by Gasteiger charge is -2.27. The van der Waals surface area contributed by atoms with E-state index in [1.165, 1.54) is 6.07 Å². The average Bonchev–Trinajstić information content (AvgIpc) is 2.75. The van der Waals surface area contributed by atoms with Crippen molar-refractivity contribution in [2.75, 3.05) is 13.2 Å². The van der Waals surface area contributed by atoms with Gasteiger partial charge in [0, 0.05) is 38.3 Å². The molecule has 31 heavy (non-hydrogen) atoms. The molecule has 1 amide bonds. The van der Waals surface area contributed by atoms with E-state index in [1.54, 1.807) is 30.3 Å². The number of hydrogen-bond acceptors (Lipinski definition) is 6. The maximum Gasteiger partial charge on any atom is 0.433 e. The number of carbonyl (C=O) groups excluding carboxylic acids is 1. The molecule has 2 aromatic heterocycles. The van der Waals surface area contributed by atoms with Gasteiger partial charge in [-0.15, -0.1) is 0 Å². The number of quaternary nitrogens is 1. The van der Waals surface area contributed by atoms with Crippen molar-refractivity contribution in [1.82, 2.24) is 20.3 Å². The summed E-state index contributed by atoms with van der Waals surface area (Å²) in [7, 11) is 0. The van der Waals surface area contributed by atoms with E-state index in [9.17, 15) is 18.0 Å². The van der Waals surface area contributed by atoms with Crippen molar-refractivity contribution in [3.63, 3.8) is 0 Å². The molecule has 3 rings (SSSR count). The molecule has 0 saturated heterocycles. The van der Waals surface area contributed by atoms with Gasteiger partial charge in [-0.2, -0.15) is 13.2 Å². The molecule has 166 valence electrons. The zero-order chi connectivity index (χ0) is 22.6. The SMILES string of the molecule is CC(=O)N1CCc2cc(OC/C([NH2+]c3ccc(C(F)(F)F)nc3)=C(\C)NN)ncc2C1. The normalized spacial score (nSPS) is 14.6. The Bertz CT molecular complexity index is 976. The number of allylic oxidation sites excluding steroid dienone is 1. The van der Waals surface area contributed by atoms with Gasteiger partial charge >= 0.3 is 6.18 Å². The zero-order valence-corrected chi connectivity index (χ0v) is 17.2. The monoisotopic (exact) mass is 437 g/mol. The van der Waals surface area contributed by atoms with Crippen molar-refractivity contribution in [2.24, 2.45) is 5.84 Å². The first-order valence-corrected chi connectivity index (χ1v) is 9.58. The van der Waals surface area contributed by atoms with Crippen LogP contribution in [0, 0.1) is 0 Å². The van der Waals surface area contributed by atoms with E-state index in [0.717, 1.165) is 23.4 Å². The number of nitrogens with zero attached hydrogens (tertiary/aromatic N) is 3. The fraction of sp³-hybridized carbons (Fsp3) is 0.350. The first-order chi connectivity index (χ1) is 14.7. The smallest absolute Gasteiger partial charge is 0.433 e. The number of nitrogens with two attached hydrogens (primary N) is 2. The molecule has 0 bridgehead atoms. The summed E-state index contributed by atoms with van der Waals surface area (Å²) in [5.41, 5.74) is 5.32. The zero-order valence-electron chi connectivity index (χ0n) is 17.2. The van der Waals surface area contributed by atoms with Gasteiger partial charge in [-0.05, 0) is 30.5 Å². The number of aromatic nitrogens is 2. The predicted molar refractivity (Wildman–Crippen MR) is 105 cm³/mol. The molecular formula is C20H24F3N6O2+. The van der Waals surface area contributed by atoms with Crippen molar-refractivity contribution >= 4 is 11.6 Å². The van der Waals surface area contributed by atoms with Gasteiger partial charge in [0.1, 0.15) is 5.69 Å². The molecule has 11 heteroatoms. The highest BCUT2D eigenvalue weighted by atomic mass is 19.4. The number of alkyl halides is 3. The Hall–Kier alpha value is -3.18. The molecule has 0 radical (unpaired) electrons. The van der Waals surface area contributed by atoms with Crippen molar-refractivity contribution in [3.05, 3.63) is 58.8 Å². The minimum Gasteiger partial charge on any atom is -0.467 e. The second-order valence-electron chi connectivity index (χ2n) is 7.18. The Labute approximate surface area is 177 Å². The Morgan fingerprint density at radius 1 is 1.26 bits per heavy atom. The Kier molecular flexibility index (Phi) is 6.76. The molecule has 5 N–H and O–H groups in total. The van der Waals surface area contributed by atoms with Crippen molar-refractivity contribution in [3.8, 4) is 5.88 Å². The molecule has 1 aliphatic heterocycles. The van der Waals surface area contributed by atoms with Crippen LogP contribution in [0.25, 0.3) is 0 Å². The molecular weight excluding hydrogens is 413 g/mol. The summed E-state index contributed by atoms with van der Waals surface area (Å²) in [5, 5.41) is 1.64. The fourth-order valence-corrected chi connectivity index (χ4v) is 3.13. The number of nitrogens with one attached hydrogen (secondary N) is 1. The van der Waals surface area contributed by atoms with E-state index in [-0.39, 0.29) is 12.5 Å². The topological polar surface area (TPSA) is 110 Å². The quantitative estimate of drug-likeness (QED) is 0.465. The molecule has 0 spiro atoms. The van der Waals surface area contributed by atoms with Crippen LogP contribution in [-0.4, -0.2) is 33.9 Å². The first-order valence-electron chi connectivity index (χ1n) is 9.58. The molecule has 0 atom stereocenters. The van der Waals surface area contributed by atoms with Crippen LogP contribution in [0.2, 0.25) is 0 Å². The third-order valence-corrected chi connectivity index (χ3v) is 5.01. The molecule has 3 heterocycles. The molecule has 0 unspecified atom stereocenters. The summed E-state index contributed by atoms with van der Waals surface area (Å²) in [6.45, 7) is 4.53. The van der Waals surface area contributed by atoms with Gasteiger partial charge in [-0.3, -0.25) is 16.0 Å². The summed E-state index contributed by atoms with van der Waals surface area (Å²) in [4.78, 5) is 21.1. The molecule has 1 aliphatic rings. The Balaban J connectivity index is 1.68. The molecule has 0 aromatic carbocycles. The van der Waals surface area contributed by atoms with Gasteiger partial charge < -0.3 is 15.1 Å². The van der Waals surface area contributed by atoms with Crippen LogP contribution in [0.5, 0.6) is 5.88 Å². The lowest BCUT2D eigenvalue weighted by molar-refractivity contribution is -0.522. The van der Waals surface area contributed by atoms with E-state index in [1.807, 2.05) is 6.07 Å². The number of rotatable bonds is 6. The minimum atomic E-state index is -4.49. The number of amides is 1. The van der Waals surface area contributed by atoms with Gasteiger partial charge in [0.15, 0.2) is 18.0 Å². The molecule has 8 nitrogen and oxygen atoms in total. The van der Waals surface area contributed by atoms with E-state index >= 15 is 0 Å². The van der Waals surface area contributed by atoms with E-state index in [2.05, 4.69) is 15.4 Å². The minimum absolute atomic E-state index is 0.0267. The number of pyridine rings is 2. The maximum atomic E-state index is 12.7. The summed E-state index contributed by atoms with van der Waals surface area (Å²) < 4.78 is 43.9. The second-order valence-corrected chi connectivity index (χ2v) is 7.18. The summed E-state index contributed by atoms with van der Waals surface area (Å²) in [6, 6.07) is 4.09. The van der Waals surface area contributed by atoms with Crippen molar-refractivity contribution in [2.45, 2.75) is 33.0 Å². The third kappa shape index (κ3) is 5.70. The fourth-order valence-electron chi connectivity index (χ4n) is 3.13. The van der Waals surface area contributed by atoms with Crippen LogP contribution >= 0.6 is 0 Å². The highest BCUT2D eigenvalue weighted by molar-refractivity contribution is 5.73. The first kappa shape index (κ1) is 22.5. The summed E-state index contributed by atoms with van der Waals surface area (Å²) in [6.07, 6.45) is -0.941. The Morgan fingerprint density at radius 3 is 2.65 bits per heavy atom. The Morgan fingerprint density at radius 2 is 2.03 bits per heavy atom. The van der Waals surface area contributed by atoms with E-state index < -0.39 is 11.9 Å². The van der Waals surface area contributed by atoms with E-state index in [4.69, 9.17) is 10.6 Å². The number of ether oxygens (including phenoxy) is 1. The third-order valence-electron chi connectivity index (χ3n) is 5.01. The highest BCUT2D eigenvalue weighted by Gasteiger charge is 2.32. The van der Waals surface area contributed by atoms with Crippen LogP contribution in [0.4, 0.5) is 18.9 Å². The second kappa shape index (κ2) is 9.31. The highest BCUT2D eigenvalue weighted by Crippen LogP contribution is 2.27. The number of hydrogen-bond donors (Lipinski definition) is 3. The maximum absolute atomic E-state index is 12.7. The molecule has 0 aliphatic carbocycles. The van der Waals surface area contributed by atoms with Crippen LogP contribution in [0.3, 0.4) is 0 Å². The summed E-state index contributed by atoms with van der Waals surface area (Å²) >= 11 is 0. The lowest BCUT2D eigenvalue weighted by Crippen LogP contribution is -2.77. The van der Waals surface area contributed by atoms with Crippen LogP contribution in [-0.2, 0) is 23.9 Å². The number of carbonyl (C=O) groups is 1. The predicted octanol–water partition coefficient (Wildman–Crippen LogP) is 1.37. The van der Waals surface area contributed by atoms with Crippen molar-refractivity contribution < 1.29 is 28.0 Å². The number of halogens is 3. The van der Waals surface area contributed by atoms with E-state index in [0.29, 0.717) is 42.5 Å².